The van der Waals surface area contributed by atoms with Crippen LogP contribution in [-0.4, -0.2) is 28.6 Å². The van der Waals surface area contributed by atoms with E-state index in [0.29, 0.717) is 18.4 Å². The Kier molecular flexibility index (Phi) is 5.63. The summed E-state index contributed by atoms with van der Waals surface area (Å²) in [4.78, 5) is 25.6. The Labute approximate surface area is 151 Å². The highest BCUT2D eigenvalue weighted by atomic mass is 19.1. The number of rotatable bonds is 6. The van der Waals surface area contributed by atoms with Crippen LogP contribution in [0, 0.1) is 5.82 Å². The number of halogens is 1. The number of cyclic esters (lactones) is 1. The maximum atomic E-state index is 13.2. The second-order valence-electron chi connectivity index (χ2n) is 6.23. The van der Waals surface area contributed by atoms with Gasteiger partial charge in [0.1, 0.15) is 18.5 Å². The summed E-state index contributed by atoms with van der Waals surface area (Å²) in [5, 5.41) is 10.1. The number of aliphatic hydroxyl groups excluding tert-OH is 1. The second-order valence-corrected chi connectivity index (χ2v) is 6.23. The highest BCUT2D eigenvalue weighted by Crippen LogP contribution is 2.29. The topological polar surface area (TPSA) is 66.8 Å². The predicted octanol–water partition coefficient (Wildman–Crippen LogP) is 3.75. The number of carbonyl (C=O) groups is 2. The van der Waals surface area contributed by atoms with Crippen molar-refractivity contribution in [3.05, 3.63) is 71.5 Å². The van der Waals surface area contributed by atoms with Gasteiger partial charge in [-0.15, -0.1) is 0 Å². The second kappa shape index (κ2) is 8.10. The van der Waals surface area contributed by atoms with Gasteiger partial charge in [0, 0.05) is 6.42 Å². The molecule has 2 aromatic carbocycles. The van der Waals surface area contributed by atoms with Crippen LogP contribution in [0.2, 0.25) is 0 Å². The molecule has 0 radical (unpaired) electrons. The lowest BCUT2D eigenvalue weighted by atomic mass is 10.0. The number of benzene rings is 2. The Hall–Kier alpha value is -2.73. The van der Waals surface area contributed by atoms with E-state index in [2.05, 4.69) is 0 Å². The summed E-state index contributed by atoms with van der Waals surface area (Å²) in [5.74, 6) is -0.754. The zero-order valence-electron chi connectivity index (χ0n) is 14.2. The Morgan fingerprint density at radius 2 is 2.00 bits per heavy atom. The minimum Gasteiger partial charge on any atom is -0.446 e. The van der Waals surface area contributed by atoms with Gasteiger partial charge in [0.25, 0.3) is 0 Å². The van der Waals surface area contributed by atoms with Crippen LogP contribution >= 0.6 is 0 Å². The molecule has 1 heterocycles. The quantitative estimate of drug-likeness (QED) is 0.855. The van der Waals surface area contributed by atoms with E-state index < -0.39 is 24.1 Å². The lowest BCUT2D eigenvalue weighted by Crippen LogP contribution is -2.34. The molecule has 0 aromatic heterocycles. The Bertz CT molecular complexity index is 780. The van der Waals surface area contributed by atoms with Crippen molar-refractivity contribution in [2.45, 2.75) is 31.4 Å². The van der Waals surface area contributed by atoms with Gasteiger partial charge in [-0.05, 0) is 36.1 Å². The van der Waals surface area contributed by atoms with Crippen LogP contribution in [0.1, 0.15) is 42.5 Å². The van der Waals surface area contributed by atoms with E-state index in [1.54, 1.807) is 6.07 Å². The fraction of sp³-hybridized carbons (Fsp3) is 0.300. The van der Waals surface area contributed by atoms with Crippen LogP contribution in [0.25, 0.3) is 0 Å². The minimum absolute atomic E-state index is 0.102. The molecule has 0 saturated carbocycles. The number of hydrogen-bond donors (Lipinski definition) is 1. The largest absolute Gasteiger partial charge is 0.446 e. The molecule has 136 valence electrons. The van der Waals surface area contributed by atoms with Crippen molar-refractivity contribution in [2.75, 3.05) is 6.61 Å². The predicted molar refractivity (Wildman–Crippen MR) is 92.6 cm³/mol. The van der Waals surface area contributed by atoms with Gasteiger partial charge in [0.05, 0.1) is 6.10 Å². The molecule has 1 N–H and O–H groups in total. The molecular formula is C20H20FNO4. The molecule has 1 aliphatic rings. The first-order valence-electron chi connectivity index (χ1n) is 8.53. The molecule has 3 rings (SSSR count). The molecule has 1 aliphatic heterocycles. The van der Waals surface area contributed by atoms with Gasteiger partial charge in [-0.25, -0.2) is 14.1 Å². The van der Waals surface area contributed by atoms with Gasteiger partial charge in [-0.2, -0.15) is 0 Å². The number of imide groups is 1. The first-order chi connectivity index (χ1) is 12.6. The average Bonchev–Trinajstić information content (AvgIpc) is 3.04. The SMILES string of the molecule is O=C(CCCC(O)c1cccc(F)c1)N1C(=O)OC[C@@H]1c1ccccc1. The molecule has 1 unspecified atom stereocenters. The maximum Gasteiger partial charge on any atom is 0.417 e. The summed E-state index contributed by atoms with van der Waals surface area (Å²) in [5.41, 5.74) is 1.31. The third-order valence-electron chi connectivity index (χ3n) is 4.43. The van der Waals surface area contributed by atoms with E-state index in [0.717, 1.165) is 10.5 Å². The lowest BCUT2D eigenvalue weighted by molar-refractivity contribution is -0.129. The molecule has 1 saturated heterocycles. The van der Waals surface area contributed by atoms with Crippen molar-refractivity contribution in [1.29, 1.82) is 0 Å². The normalized spacial score (nSPS) is 17.8. The molecule has 1 fully saturated rings. The van der Waals surface area contributed by atoms with E-state index in [1.807, 2.05) is 30.3 Å². The van der Waals surface area contributed by atoms with Gasteiger partial charge in [0.15, 0.2) is 0 Å². The fourth-order valence-corrected chi connectivity index (χ4v) is 3.07. The standard InChI is InChI=1S/C20H20FNO4/c21-16-9-4-8-15(12-16)18(23)10-5-11-19(24)22-17(13-26-20(22)25)14-6-2-1-3-7-14/h1-4,6-9,12,17-18,23H,5,10-11,13H2/t17-,18?/m1/s1. The number of nitrogens with zero attached hydrogens (tertiary/aromatic N) is 1. The van der Waals surface area contributed by atoms with Crippen LogP contribution in [0.15, 0.2) is 54.6 Å². The lowest BCUT2D eigenvalue weighted by Gasteiger charge is -2.20. The molecule has 6 heteroatoms. The van der Waals surface area contributed by atoms with Crippen molar-refractivity contribution in [3.63, 3.8) is 0 Å². The summed E-state index contributed by atoms with van der Waals surface area (Å²) in [7, 11) is 0. The van der Waals surface area contributed by atoms with Gasteiger partial charge < -0.3 is 9.84 Å². The monoisotopic (exact) mass is 357 g/mol. The van der Waals surface area contributed by atoms with Crippen molar-refractivity contribution in [2.24, 2.45) is 0 Å². The molecule has 2 amide bonds. The van der Waals surface area contributed by atoms with Crippen LogP contribution < -0.4 is 0 Å². The first kappa shape index (κ1) is 18.1. The van der Waals surface area contributed by atoms with Gasteiger partial charge >= 0.3 is 6.09 Å². The van der Waals surface area contributed by atoms with Crippen molar-refractivity contribution in [3.8, 4) is 0 Å². The van der Waals surface area contributed by atoms with E-state index in [-0.39, 0.29) is 18.9 Å². The Morgan fingerprint density at radius 1 is 1.23 bits per heavy atom. The van der Waals surface area contributed by atoms with Crippen LogP contribution in [-0.2, 0) is 9.53 Å². The Balaban J connectivity index is 1.57. The van der Waals surface area contributed by atoms with E-state index in [4.69, 9.17) is 4.74 Å². The van der Waals surface area contributed by atoms with Crippen LogP contribution in [0.4, 0.5) is 9.18 Å². The molecule has 2 atom stereocenters. The van der Waals surface area contributed by atoms with Crippen molar-refractivity contribution in [1.82, 2.24) is 4.90 Å². The van der Waals surface area contributed by atoms with Crippen LogP contribution in [0.5, 0.6) is 0 Å². The number of aliphatic hydroxyl groups is 1. The average molecular weight is 357 g/mol. The summed E-state index contributed by atoms with van der Waals surface area (Å²) in [6.45, 7) is 0.139. The summed E-state index contributed by atoms with van der Waals surface area (Å²) < 4.78 is 18.2. The van der Waals surface area contributed by atoms with Crippen molar-refractivity contribution < 1.29 is 23.8 Å². The maximum absolute atomic E-state index is 13.2. The van der Waals surface area contributed by atoms with Gasteiger partial charge in [-0.1, -0.05) is 42.5 Å². The molecule has 0 bridgehead atoms. The van der Waals surface area contributed by atoms with Crippen molar-refractivity contribution >= 4 is 12.0 Å². The highest BCUT2D eigenvalue weighted by molar-refractivity contribution is 5.93. The van der Waals surface area contributed by atoms with Crippen LogP contribution in [0.3, 0.4) is 0 Å². The number of amides is 2. The Morgan fingerprint density at radius 3 is 2.73 bits per heavy atom. The molecule has 5 nitrogen and oxygen atoms in total. The van der Waals surface area contributed by atoms with Gasteiger partial charge in [-0.3, -0.25) is 4.79 Å². The summed E-state index contributed by atoms with van der Waals surface area (Å²) >= 11 is 0. The molecule has 0 aliphatic carbocycles. The fourth-order valence-electron chi connectivity index (χ4n) is 3.07. The number of hydrogen-bond acceptors (Lipinski definition) is 4. The molecule has 2 aromatic rings. The van der Waals surface area contributed by atoms with E-state index >= 15 is 0 Å². The molecular weight excluding hydrogens is 337 g/mol. The molecule has 0 spiro atoms. The summed E-state index contributed by atoms with van der Waals surface area (Å²) in [6, 6.07) is 14.6. The smallest absolute Gasteiger partial charge is 0.417 e. The third kappa shape index (κ3) is 4.08. The minimum atomic E-state index is -0.853. The summed E-state index contributed by atoms with van der Waals surface area (Å²) in [6.07, 6.45) is -0.718. The first-order valence-corrected chi connectivity index (χ1v) is 8.53. The molecule has 26 heavy (non-hydrogen) atoms. The van der Waals surface area contributed by atoms with E-state index in [9.17, 15) is 19.1 Å². The van der Waals surface area contributed by atoms with Gasteiger partial charge in [0.2, 0.25) is 5.91 Å². The third-order valence-corrected chi connectivity index (χ3v) is 4.43. The highest BCUT2D eigenvalue weighted by Gasteiger charge is 2.38. The van der Waals surface area contributed by atoms with E-state index in [1.165, 1.54) is 18.2 Å². The number of carbonyl (C=O) groups excluding carboxylic acids is 2. The number of ether oxygens (including phenoxy) is 1. The zero-order chi connectivity index (χ0) is 18.5. The zero-order valence-corrected chi connectivity index (χ0v) is 14.2.